The van der Waals surface area contributed by atoms with Crippen LogP contribution in [-0.2, 0) is 6.42 Å². The summed E-state index contributed by atoms with van der Waals surface area (Å²) < 4.78 is 0. The maximum atomic E-state index is 12.6. The molecule has 1 fully saturated rings. The van der Waals surface area contributed by atoms with E-state index in [-0.39, 0.29) is 5.41 Å². The van der Waals surface area contributed by atoms with Gasteiger partial charge in [-0.25, -0.2) is 0 Å². The molecule has 1 aromatic rings. The summed E-state index contributed by atoms with van der Waals surface area (Å²) in [6.07, 6.45) is 3.82. The zero-order valence-electron chi connectivity index (χ0n) is 12.4. The van der Waals surface area contributed by atoms with Crippen molar-refractivity contribution < 1.29 is 4.79 Å². The third kappa shape index (κ3) is 3.44. The van der Waals surface area contributed by atoms with Crippen LogP contribution in [0.15, 0.2) is 18.2 Å². The smallest absolute Gasteiger partial charge is 0.163 e. The number of benzene rings is 1. The van der Waals surface area contributed by atoms with E-state index in [2.05, 4.69) is 44.3 Å². The molecule has 1 aliphatic heterocycles. The highest BCUT2D eigenvalue weighted by Gasteiger charge is 2.30. The molecule has 1 saturated heterocycles. The third-order valence-corrected chi connectivity index (χ3v) is 4.34. The van der Waals surface area contributed by atoms with Gasteiger partial charge in [-0.1, -0.05) is 31.5 Å². The molecule has 0 radical (unpaired) electrons. The SMILES string of the molecule is CCc1ccc(C)cc1C(=O)CC1(C)CCNCC1. The van der Waals surface area contributed by atoms with E-state index in [1.54, 1.807) is 0 Å². The first-order chi connectivity index (χ1) is 9.04. The molecule has 0 aromatic heterocycles. The van der Waals surface area contributed by atoms with Crippen molar-refractivity contribution in [2.45, 2.75) is 46.5 Å². The Morgan fingerprint density at radius 1 is 1.32 bits per heavy atom. The Bertz CT molecular complexity index is 458. The largest absolute Gasteiger partial charge is 0.317 e. The predicted octanol–water partition coefficient (Wildman–Crippen LogP) is 3.52. The molecule has 0 unspecified atom stereocenters. The van der Waals surface area contributed by atoms with Crippen LogP contribution in [0.25, 0.3) is 0 Å². The number of hydrogen-bond donors (Lipinski definition) is 1. The van der Waals surface area contributed by atoms with Crippen LogP contribution in [0.3, 0.4) is 0 Å². The summed E-state index contributed by atoms with van der Waals surface area (Å²) in [6, 6.07) is 6.26. The molecule has 0 saturated carbocycles. The average molecular weight is 259 g/mol. The molecule has 0 atom stereocenters. The molecule has 1 N–H and O–H groups in total. The Labute approximate surface area is 116 Å². The molecule has 1 aromatic carbocycles. The van der Waals surface area contributed by atoms with Gasteiger partial charge in [-0.05, 0) is 56.3 Å². The number of Topliss-reactive ketones (excluding diaryl/α,β-unsaturated/α-hetero) is 1. The number of carbonyl (C=O) groups excluding carboxylic acids is 1. The quantitative estimate of drug-likeness (QED) is 0.838. The fourth-order valence-electron chi connectivity index (χ4n) is 2.95. The van der Waals surface area contributed by atoms with Crippen molar-refractivity contribution in [3.8, 4) is 0 Å². The highest BCUT2D eigenvalue weighted by Crippen LogP contribution is 2.33. The molecular weight excluding hydrogens is 234 g/mol. The number of rotatable bonds is 4. The molecule has 0 bridgehead atoms. The Hall–Kier alpha value is -1.15. The minimum atomic E-state index is 0.178. The summed E-state index contributed by atoms with van der Waals surface area (Å²) in [5, 5.41) is 3.37. The van der Waals surface area contributed by atoms with Crippen LogP contribution in [0.2, 0.25) is 0 Å². The van der Waals surface area contributed by atoms with E-state index >= 15 is 0 Å². The molecule has 2 rings (SSSR count). The molecule has 104 valence electrons. The molecule has 2 nitrogen and oxygen atoms in total. The lowest BCUT2D eigenvalue weighted by Gasteiger charge is -2.33. The van der Waals surface area contributed by atoms with Crippen molar-refractivity contribution >= 4 is 5.78 Å². The number of hydrogen-bond acceptors (Lipinski definition) is 2. The lowest BCUT2D eigenvalue weighted by Crippen LogP contribution is -2.36. The first kappa shape index (κ1) is 14.3. The van der Waals surface area contributed by atoms with Gasteiger partial charge >= 0.3 is 0 Å². The van der Waals surface area contributed by atoms with E-state index in [1.807, 2.05) is 0 Å². The first-order valence-corrected chi connectivity index (χ1v) is 7.37. The summed E-state index contributed by atoms with van der Waals surface area (Å²) in [4.78, 5) is 12.6. The number of carbonyl (C=O) groups is 1. The topological polar surface area (TPSA) is 29.1 Å². The van der Waals surface area contributed by atoms with Gasteiger partial charge in [0.25, 0.3) is 0 Å². The Morgan fingerprint density at radius 3 is 2.63 bits per heavy atom. The molecule has 1 heterocycles. The normalized spacial score (nSPS) is 18.3. The maximum Gasteiger partial charge on any atom is 0.163 e. The molecule has 19 heavy (non-hydrogen) atoms. The van der Waals surface area contributed by atoms with E-state index in [0.29, 0.717) is 12.2 Å². The van der Waals surface area contributed by atoms with E-state index in [0.717, 1.165) is 37.9 Å². The Kier molecular flexibility index (Phi) is 4.41. The van der Waals surface area contributed by atoms with Gasteiger partial charge in [0.05, 0.1) is 0 Å². The average Bonchev–Trinajstić information content (AvgIpc) is 2.39. The molecular formula is C17H25NO. The van der Waals surface area contributed by atoms with Crippen LogP contribution < -0.4 is 5.32 Å². The zero-order chi connectivity index (χ0) is 13.9. The van der Waals surface area contributed by atoms with Gasteiger partial charge in [-0.3, -0.25) is 4.79 Å². The van der Waals surface area contributed by atoms with Crippen LogP contribution >= 0.6 is 0 Å². The van der Waals surface area contributed by atoms with Crippen molar-refractivity contribution in [2.24, 2.45) is 5.41 Å². The number of ketones is 1. The number of aryl methyl sites for hydroxylation is 2. The second kappa shape index (κ2) is 5.87. The van der Waals surface area contributed by atoms with E-state index in [9.17, 15) is 4.79 Å². The lowest BCUT2D eigenvalue weighted by molar-refractivity contribution is 0.0890. The summed E-state index contributed by atoms with van der Waals surface area (Å²) in [6.45, 7) is 8.51. The second-order valence-corrected chi connectivity index (χ2v) is 6.17. The maximum absolute atomic E-state index is 12.6. The van der Waals surface area contributed by atoms with E-state index < -0.39 is 0 Å². The molecule has 0 amide bonds. The van der Waals surface area contributed by atoms with Gasteiger partial charge < -0.3 is 5.32 Å². The van der Waals surface area contributed by atoms with Crippen molar-refractivity contribution in [2.75, 3.05) is 13.1 Å². The molecule has 2 heteroatoms. The van der Waals surface area contributed by atoms with Crippen LogP contribution in [0.5, 0.6) is 0 Å². The minimum absolute atomic E-state index is 0.178. The van der Waals surface area contributed by atoms with E-state index in [1.165, 1.54) is 11.1 Å². The summed E-state index contributed by atoms with van der Waals surface area (Å²) in [5.41, 5.74) is 3.49. The van der Waals surface area contributed by atoms with Crippen molar-refractivity contribution in [3.63, 3.8) is 0 Å². The van der Waals surface area contributed by atoms with Gasteiger partial charge in [0, 0.05) is 12.0 Å². The first-order valence-electron chi connectivity index (χ1n) is 7.37. The summed E-state index contributed by atoms with van der Waals surface area (Å²) >= 11 is 0. The number of nitrogens with one attached hydrogen (secondary N) is 1. The third-order valence-electron chi connectivity index (χ3n) is 4.34. The summed E-state index contributed by atoms with van der Waals surface area (Å²) in [7, 11) is 0. The second-order valence-electron chi connectivity index (χ2n) is 6.17. The summed E-state index contributed by atoms with van der Waals surface area (Å²) in [5.74, 6) is 0.324. The van der Waals surface area contributed by atoms with Crippen LogP contribution in [0.4, 0.5) is 0 Å². The van der Waals surface area contributed by atoms with Crippen molar-refractivity contribution in [3.05, 3.63) is 34.9 Å². The Morgan fingerprint density at radius 2 is 2.00 bits per heavy atom. The van der Waals surface area contributed by atoms with Crippen molar-refractivity contribution in [1.29, 1.82) is 0 Å². The van der Waals surface area contributed by atoms with Gasteiger partial charge in [0.2, 0.25) is 0 Å². The van der Waals surface area contributed by atoms with Crippen LogP contribution in [0.1, 0.15) is 54.6 Å². The molecule has 0 aliphatic carbocycles. The van der Waals surface area contributed by atoms with Gasteiger partial charge in [0.1, 0.15) is 0 Å². The predicted molar refractivity (Wildman–Crippen MR) is 79.7 cm³/mol. The standard InChI is InChI=1S/C17H25NO/c1-4-14-6-5-13(2)11-15(14)16(19)12-17(3)7-9-18-10-8-17/h5-6,11,18H,4,7-10,12H2,1-3H3. The molecule has 1 aliphatic rings. The van der Waals surface area contributed by atoms with Crippen LogP contribution in [0, 0.1) is 12.3 Å². The van der Waals surface area contributed by atoms with Gasteiger partial charge in [-0.2, -0.15) is 0 Å². The van der Waals surface area contributed by atoms with Gasteiger partial charge in [-0.15, -0.1) is 0 Å². The fraction of sp³-hybridized carbons (Fsp3) is 0.588. The van der Waals surface area contributed by atoms with E-state index in [4.69, 9.17) is 0 Å². The van der Waals surface area contributed by atoms with Gasteiger partial charge in [0.15, 0.2) is 5.78 Å². The lowest BCUT2D eigenvalue weighted by atomic mass is 9.75. The highest BCUT2D eigenvalue weighted by atomic mass is 16.1. The minimum Gasteiger partial charge on any atom is -0.317 e. The van der Waals surface area contributed by atoms with Crippen molar-refractivity contribution in [1.82, 2.24) is 5.32 Å². The van der Waals surface area contributed by atoms with Crippen LogP contribution in [-0.4, -0.2) is 18.9 Å². The molecule has 0 spiro atoms. The zero-order valence-corrected chi connectivity index (χ0v) is 12.4. The Balaban J connectivity index is 2.17. The fourth-order valence-corrected chi connectivity index (χ4v) is 2.95. The highest BCUT2D eigenvalue weighted by molar-refractivity contribution is 5.98. The monoisotopic (exact) mass is 259 g/mol. The number of piperidine rings is 1.